The van der Waals surface area contributed by atoms with Gasteiger partial charge in [0.25, 0.3) is 5.91 Å². The van der Waals surface area contributed by atoms with E-state index < -0.39 is 0 Å². The molecule has 1 aromatic carbocycles. The Labute approximate surface area is 115 Å². The quantitative estimate of drug-likeness (QED) is 0.828. The fraction of sp³-hybridized carbons (Fsp3) is 0.417. The maximum absolute atomic E-state index is 11.8. The highest BCUT2D eigenvalue weighted by atomic mass is 127. The van der Waals surface area contributed by atoms with Gasteiger partial charge in [0.05, 0.1) is 5.56 Å². The van der Waals surface area contributed by atoms with Crippen molar-refractivity contribution in [1.82, 2.24) is 5.32 Å². The largest absolute Gasteiger partial charge is 0.352 e. The van der Waals surface area contributed by atoms with Gasteiger partial charge in [-0.2, -0.15) is 11.8 Å². The Balaban J connectivity index is 2.44. The van der Waals surface area contributed by atoms with Crippen molar-refractivity contribution in [2.75, 3.05) is 12.8 Å². The van der Waals surface area contributed by atoms with Gasteiger partial charge < -0.3 is 5.32 Å². The fourth-order valence-electron chi connectivity index (χ4n) is 1.25. The van der Waals surface area contributed by atoms with E-state index in [0.29, 0.717) is 5.25 Å². The van der Waals surface area contributed by atoms with Gasteiger partial charge in [-0.1, -0.05) is 19.1 Å². The molecule has 0 aliphatic rings. The van der Waals surface area contributed by atoms with E-state index in [2.05, 4.69) is 41.1 Å². The van der Waals surface area contributed by atoms with Crippen LogP contribution in [0.3, 0.4) is 0 Å². The van der Waals surface area contributed by atoms with Crippen LogP contribution < -0.4 is 5.32 Å². The summed E-state index contributed by atoms with van der Waals surface area (Å²) in [4.78, 5) is 11.8. The maximum Gasteiger partial charge on any atom is 0.252 e. The molecule has 1 aromatic rings. The monoisotopic (exact) mass is 349 g/mol. The molecule has 0 radical (unpaired) electrons. The van der Waals surface area contributed by atoms with Crippen molar-refractivity contribution in [2.24, 2.45) is 0 Å². The first-order chi connectivity index (χ1) is 7.65. The average molecular weight is 349 g/mol. The van der Waals surface area contributed by atoms with Gasteiger partial charge in [-0.25, -0.2) is 0 Å². The molecular formula is C12H16INOS. The molecule has 0 aliphatic carbocycles. The number of halogens is 1. The summed E-state index contributed by atoms with van der Waals surface area (Å²) in [6.07, 6.45) is 3.10. The molecule has 1 rings (SSSR count). The highest BCUT2D eigenvalue weighted by Crippen LogP contribution is 2.12. The number of carbonyl (C=O) groups is 1. The minimum Gasteiger partial charge on any atom is -0.352 e. The van der Waals surface area contributed by atoms with E-state index in [4.69, 9.17) is 0 Å². The second-order valence-corrected chi connectivity index (χ2v) is 6.01. The lowest BCUT2D eigenvalue weighted by molar-refractivity contribution is 0.0952. The number of thioether (sulfide) groups is 1. The summed E-state index contributed by atoms with van der Waals surface area (Å²) in [6.45, 7) is 2.91. The van der Waals surface area contributed by atoms with Crippen LogP contribution in [0, 0.1) is 3.57 Å². The third-order valence-corrected chi connectivity index (χ3v) is 4.34. The molecule has 16 heavy (non-hydrogen) atoms. The van der Waals surface area contributed by atoms with Gasteiger partial charge in [0.15, 0.2) is 0 Å². The molecule has 1 atom stereocenters. The minimum atomic E-state index is 0.0262. The molecule has 0 aromatic heterocycles. The second kappa shape index (κ2) is 7.17. The number of nitrogens with one attached hydrogen (secondary N) is 1. The Morgan fingerprint density at radius 3 is 2.81 bits per heavy atom. The molecule has 4 heteroatoms. The average Bonchev–Trinajstić information content (AvgIpc) is 2.29. The Morgan fingerprint density at radius 1 is 1.50 bits per heavy atom. The predicted octanol–water partition coefficient (Wildman–Crippen LogP) is 3.16. The molecule has 0 heterocycles. The van der Waals surface area contributed by atoms with E-state index in [0.717, 1.165) is 22.1 Å². The lowest BCUT2D eigenvalue weighted by Gasteiger charge is -2.09. The van der Waals surface area contributed by atoms with Crippen LogP contribution in [0.2, 0.25) is 0 Å². The number of amides is 1. The highest BCUT2D eigenvalue weighted by Gasteiger charge is 2.08. The lowest BCUT2D eigenvalue weighted by Crippen LogP contribution is -2.26. The van der Waals surface area contributed by atoms with Crippen LogP contribution in [0.15, 0.2) is 24.3 Å². The van der Waals surface area contributed by atoms with Crippen molar-refractivity contribution in [3.8, 4) is 0 Å². The zero-order valence-corrected chi connectivity index (χ0v) is 12.5. The summed E-state index contributed by atoms with van der Waals surface area (Å²) in [5.74, 6) is 0.0262. The Bertz CT molecular complexity index is 357. The smallest absolute Gasteiger partial charge is 0.252 e. The van der Waals surface area contributed by atoms with E-state index in [1.807, 2.05) is 36.0 Å². The molecule has 2 nitrogen and oxygen atoms in total. The molecule has 0 fully saturated rings. The van der Waals surface area contributed by atoms with Crippen LogP contribution in [0.5, 0.6) is 0 Å². The molecule has 1 N–H and O–H groups in total. The summed E-state index contributed by atoms with van der Waals surface area (Å²) in [6, 6.07) is 7.63. The van der Waals surface area contributed by atoms with Crippen molar-refractivity contribution >= 4 is 40.3 Å². The number of hydrogen-bond donors (Lipinski definition) is 1. The van der Waals surface area contributed by atoms with Gasteiger partial charge in [-0.15, -0.1) is 0 Å². The topological polar surface area (TPSA) is 29.1 Å². The van der Waals surface area contributed by atoms with E-state index in [1.165, 1.54) is 0 Å². The Hall–Kier alpha value is -0.230. The van der Waals surface area contributed by atoms with E-state index >= 15 is 0 Å². The first-order valence-corrected chi connectivity index (χ1v) is 7.57. The first kappa shape index (κ1) is 13.8. The molecule has 0 spiro atoms. The van der Waals surface area contributed by atoms with Crippen molar-refractivity contribution in [3.05, 3.63) is 33.4 Å². The Morgan fingerprint density at radius 2 is 2.19 bits per heavy atom. The number of hydrogen-bond acceptors (Lipinski definition) is 2. The standard InChI is InChI=1S/C12H16INOS/c1-9(16-2)7-8-14-12(15)10-5-3-4-6-11(10)13/h3-6,9H,7-8H2,1-2H3,(H,14,15). The maximum atomic E-state index is 11.8. The predicted molar refractivity (Wildman–Crippen MR) is 79.1 cm³/mol. The van der Waals surface area contributed by atoms with Crippen LogP contribution in [-0.4, -0.2) is 24.0 Å². The summed E-state index contributed by atoms with van der Waals surface area (Å²) in [7, 11) is 0. The molecule has 1 unspecified atom stereocenters. The molecular weight excluding hydrogens is 333 g/mol. The molecule has 0 saturated heterocycles. The third kappa shape index (κ3) is 4.33. The Kier molecular flexibility index (Phi) is 6.20. The van der Waals surface area contributed by atoms with Gasteiger partial charge in [0.1, 0.15) is 0 Å². The van der Waals surface area contributed by atoms with Gasteiger partial charge in [0, 0.05) is 15.4 Å². The van der Waals surface area contributed by atoms with Crippen molar-refractivity contribution in [2.45, 2.75) is 18.6 Å². The van der Waals surface area contributed by atoms with Gasteiger partial charge in [0.2, 0.25) is 0 Å². The van der Waals surface area contributed by atoms with E-state index in [9.17, 15) is 4.79 Å². The van der Waals surface area contributed by atoms with Gasteiger partial charge >= 0.3 is 0 Å². The van der Waals surface area contributed by atoms with Gasteiger partial charge in [-0.3, -0.25) is 4.79 Å². The molecule has 0 aliphatic heterocycles. The number of benzene rings is 1. The summed E-state index contributed by atoms with van der Waals surface area (Å²) in [5, 5.41) is 3.54. The third-order valence-electron chi connectivity index (χ3n) is 2.36. The van der Waals surface area contributed by atoms with E-state index in [1.54, 1.807) is 0 Å². The van der Waals surface area contributed by atoms with Crippen molar-refractivity contribution in [3.63, 3.8) is 0 Å². The normalized spacial score (nSPS) is 12.2. The van der Waals surface area contributed by atoms with Crippen LogP contribution in [0.4, 0.5) is 0 Å². The van der Waals surface area contributed by atoms with Crippen molar-refractivity contribution in [1.29, 1.82) is 0 Å². The number of rotatable bonds is 5. The summed E-state index contributed by atoms with van der Waals surface area (Å²) >= 11 is 4.01. The summed E-state index contributed by atoms with van der Waals surface area (Å²) < 4.78 is 0.996. The SMILES string of the molecule is CSC(C)CCNC(=O)c1ccccc1I. The second-order valence-electron chi connectivity index (χ2n) is 3.57. The highest BCUT2D eigenvalue weighted by molar-refractivity contribution is 14.1. The molecule has 1 amide bonds. The fourth-order valence-corrected chi connectivity index (χ4v) is 2.23. The lowest BCUT2D eigenvalue weighted by atomic mass is 10.2. The zero-order chi connectivity index (χ0) is 12.0. The molecule has 88 valence electrons. The molecule has 0 saturated carbocycles. The van der Waals surface area contributed by atoms with Gasteiger partial charge in [-0.05, 0) is 47.4 Å². The van der Waals surface area contributed by atoms with E-state index in [-0.39, 0.29) is 5.91 Å². The molecule has 0 bridgehead atoms. The number of carbonyl (C=O) groups excluding carboxylic acids is 1. The minimum absolute atomic E-state index is 0.0262. The summed E-state index contributed by atoms with van der Waals surface area (Å²) in [5.41, 5.74) is 0.764. The van der Waals surface area contributed by atoms with Crippen molar-refractivity contribution < 1.29 is 4.79 Å². The van der Waals surface area contributed by atoms with Crippen LogP contribution in [0.25, 0.3) is 0 Å². The van der Waals surface area contributed by atoms with Crippen LogP contribution >= 0.6 is 34.4 Å². The van der Waals surface area contributed by atoms with Crippen LogP contribution in [0.1, 0.15) is 23.7 Å². The zero-order valence-electron chi connectivity index (χ0n) is 9.50. The van der Waals surface area contributed by atoms with Crippen LogP contribution in [-0.2, 0) is 0 Å². The first-order valence-electron chi connectivity index (χ1n) is 5.20.